The van der Waals surface area contributed by atoms with Gasteiger partial charge >= 0.3 is 6.03 Å². The van der Waals surface area contributed by atoms with Crippen LogP contribution in [0.2, 0.25) is 0 Å². The second kappa shape index (κ2) is 7.71. The second-order valence-corrected chi connectivity index (χ2v) is 7.02. The summed E-state index contributed by atoms with van der Waals surface area (Å²) in [6.07, 6.45) is 4.18. The van der Waals surface area contributed by atoms with Gasteiger partial charge in [-0.2, -0.15) is 0 Å². The highest BCUT2D eigenvalue weighted by molar-refractivity contribution is 5.79. The van der Waals surface area contributed by atoms with E-state index in [0.29, 0.717) is 5.92 Å². The zero-order valence-corrected chi connectivity index (χ0v) is 14.7. The maximum atomic E-state index is 12.2. The Bertz CT molecular complexity index is 679. The number of rotatable bonds is 6. The summed E-state index contributed by atoms with van der Waals surface area (Å²) in [7, 11) is 4.18. The Balaban J connectivity index is 1.40. The maximum absolute atomic E-state index is 12.2. The van der Waals surface area contributed by atoms with E-state index in [9.17, 15) is 4.79 Å². The van der Waals surface area contributed by atoms with Crippen molar-refractivity contribution >= 4 is 16.9 Å². The van der Waals surface area contributed by atoms with Crippen LogP contribution in [0.15, 0.2) is 36.5 Å². The fraction of sp³-hybridized carbons (Fsp3) is 0.526. The molecule has 24 heavy (non-hydrogen) atoms. The number of nitrogens with one attached hydrogen (secondary N) is 1. The Kier molecular flexibility index (Phi) is 5.41. The third-order valence-electron chi connectivity index (χ3n) is 4.73. The standard InChI is InChI=1S/C19H28N4O/c1-21(2)14-16-8-12-23(15-16)19(24)20-10-5-11-22-13-9-17-6-3-4-7-18(17)22/h3-4,6-7,9,13,16H,5,8,10-12,14-15H2,1-2H3,(H,20,24)/t16-/m1/s1. The highest BCUT2D eigenvalue weighted by Crippen LogP contribution is 2.17. The van der Waals surface area contributed by atoms with Gasteiger partial charge in [0.15, 0.2) is 0 Å². The van der Waals surface area contributed by atoms with Crippen LogP contribution in [-0.4, -0.2) is 60.7 Å². The number of aromatic nitrogens is 1. The molecule has 0 saturated carbocycles. The number of hydrogen-bond acceptors (Lipinski definition) is 2. The molecule has 2 heterocycles. The summed E-state index contributed by atoms with van der Waals surface area (Å²) >= 11 is 0. The fourth-order valence-corrected chi connectivity index (χ4v) is 3.57. The molecule has 1 atom stereocenters. The Morgan fingerprint density at radius 1 is 1.29 bits per heavy atom. The average Bonchev–Trinajstić information content (AvgIpc) is 3.18. The van der Waals surface area contributed by atoms with Crippen molar-refractivity contribution in [1.82, 2.24) is 19.7 Å². The second-order valence-electron chi connectivity index (χ2n) is 7.02. The van der Waals surface area contributed by atoms with Crippen molar-refractivity contribution in [2.75, 3.05) is 40.3 Å². The summed E-state index contributed by atoms with van der Waals surface area (Å²) in [5.41, 5.74) is 1.26. The minimum atomic E-state index is 0.0913. The Labute approximate surface area is 144 Å². The molecule has 2 aromatic rings. The zero-order chi connectivity index (χ0) is 16.9. The average molecular weight is 328 g/mol. The van der Waals surface area contributed by atoms with Crippen LogP contribution in [-0.2, 0) is 6.54 Å². The van der Waals surface area contributed by atoms with Gasteiger partial charge in [-0.05, 0) is 50.4 Å². The van der Waals surface area contributed by atoms with Crippen LogP contribution in [0.5, 0.6) is 0 Å². The first-order valence-corrected chi connectivity index (χ1v) is 8.85. The van der Waals surface area contributed by atoms with E-state index >= 15 is 0 Å². The topological polar surface area (TPSA) is 40.5 Å². The number of aryl methyl sites for hydroxylation is 1. The maximum Gasteiger partial charge on any atom is 0.317 e. The molecule has 1 N–H and O–H groups in total. The van der Waals surface area contributed by atoms with Crippen LogP contribution in [0, 0.1) is 5.92 Å². The number of benzene rings is 1. The first-order valence-electron chi connectivity index (χ1n) is 8.85. The van der Waals surface area contributed by atoms with Gasteiger partial charge in [-0.3, -0.25) is 0 Å². The summed E-state index contributed by atoms with van der Waals surface area (Å²) in [6.45, 7) is 4.47. The lowest BCUT2D eigenvalue weighted by Crippen LogP contribution is -2.39. The zero-order valence-electron chi connectivity index (χ0n) is 14.7. The van der Waals surface area contributed by atoms with E-state index in [1.165, 1.54) is 10.9 Å². The molecule has 1 aromatic carbocycles. The lowest BCUT2D eigenvalue weighted by molar-refractivity contribution is 0.205. The summed E-state index contributed by atoms with van der Waals surface area (Å²) in [5.74, 6) is 0.608. The van der Waals surface area contributed by atoms with E-state index in [0.717, 1.165) is 45.6 Å². The quantitative estimate of drug-likeness (QED) is 0.828. The molecule has 1 aliphatic rings. The van der Waals surface area contributed by atoms with E-state index in [1.807, 2.05) is 4.90 Å². The van der Waals surface area contributed by atoms with Gasteiger partial charge in [0.25, 0.3) is 0 Å². The number of likely N-dealkylation sites (tertiary alicyclic amines) is 1. The Morgan fingerprint density at radius 3 is 2.96 bits per heavy atom. The van der Waals surface area contributed by atoms with Crippen molar-refractivity contribution in [2.24, 2.45) is 5.92 Å². The number of amides is 2. The normalized spacial score (nSPS) is 17.8. The van der Waals surface area contributed by atoms with Crippen molar-refractivity contribution in [3.8, 4) is 0 Å². The van der Waals surface area contributed by atoms with Crippen LogP contribution in [0.4, 0.5) is 4.79 Å². The van der Waals surface area contributed by atoms with Crippen LogP contribution in [0.1, 0.15) is 12.8 Å². The highest BCUT2D eigenvalue weighted by atomic mass is 16.2. The number of para-hydroxylation sites is 1. The predicted octanol–water partition coefficient (Wildman–Crippen LogP) is 2.62. The first kappa shape index (κ1) is 16.8. The van der Waals surface area contributed by atoms with Crippen molar-refractivity contribution in [2.45, 2.75) is 19.4 Å². The molecule has 3 rings (SSSR count). The number of hydrogen-bond donors (Lipinski definition) is 1. The van der Waals surface area contributed by atoms with Crippen LogP contribution < -0.4 is 5.32 Å². The first-order chi connectivity index (χ1) is 11.6. The third-order valence-corrected chi connectivity index (χ3v) is 4.73. The number of fused-ring (bicyclic) bond motifs is 1. The summed E-state index contributed by atoms with van der Waals surface area (Å²) < 4.78 is 2.25. The van der Waals surface area contributed by atoms with Gasteiger partial charge < -0.3 is 19.7 Å². The molecule has 1 saturated heterocycles. The molecule has 1 aliphatic heterocycles. The molecule has 1 aromatic heterocycles. The van der Waals surface area contributed by atoms with Gasteiger partial charge in [0, 0.05) is 44.4 Å². The van der Waals surface area contributed by atoms with Gasteiger partial charge in [0.05, 0.1) is 0 Å². The molecule has 130 valence electrons. The largest absolute Gasteiger partial charge is 0.347 e. The molecule has 0 spiro atoms. The smallest absolute Gasteiger partial charge is 0.317 e. The molecular formula is C19H28N4O. The monoisotopic (exact) mass is 328 g/mol. The van der Waals surface area contributed by atoms with E-state index in [4.69, 9.17) is 0 Å². The van der Waals surface area contributed by atoms with E-state index in [1.54, 1.807) is 0 Å². The molecule has 5 heteroatoms. The van der Waals surface area contributed by atoms with Crippen LogP contribution >= 0.6 is 0 Å². The van der Waals surface area contributed by atoms with E-state index < -0.39 is 0 Å². The van der Waals surface area contributed by atoms with Gasteiger partial charge in [0.2, 0.25) is 0 Å². The van der Waals surface area contributed by atoms with E-state index in [2.05, 4.69) is 65.4 Å². The molecule has 2 amide bonds. The van der Waals surface area contributed by atoms with E-state index in [-0.39, 0.29) is 6.03 Å². The van der Waals surface area contributed by atoms with Crippen molar-refractivity contribution in [3.05, 3.63) is 36.5 Å². The molecular weight excluding hydrogens is 300 g/mol. The number of urea groups is 1. The summed E-state index contributed by atoms with van der Waals surface area (Å²) in [5, 5.41) is 4.34. The Hall–Kier alpha value is -2.01. The van der Waals surface area contributed by atoms with Crippen LogP contribution in [0.3, 0.4) is 0 Å². The minimum Gasteiger partial charge on any atom is -0.347 e. The predicted molar refractivity (Wildman–Crippen MR) is 98.2 cm³/mol. The summed E-state index contributed by atoms with van der Waals surface area (Å²) in [6, 6.07) is 10.6. The molecule has 0 aliphatic carbocycles. The van der Waals surface area contributed by atoms with Gasteiger partial charge in [-0.15, -0.1) is 0 Å². The number of carbonyl (C=O) groups is 1. The lowest BCUT2D eigenvalue weighted by Gasteiger charge is -2.19. The molecule has 5 nitrogen and oxygen atoms in total. The van der Waals surface area contributed by atoms with Crippen molar-refractivity contribution < 1.29 is 4.79 Å². The summed E-state index contributed by atoms with van der Waals surface area (Å²) in [4.78, 5) is 16.4. The highest BCUT2D eigenvalue weighted by Gasteiger charge is 2.26. The molecule has 0 bridgehead atoms. The fourth-order valence-electron chi connectivity index (χ4n) is 3.57. The lowest BCUT2D eigenvalue weighted by atomic mass is 10.1. The van der Waals surface area contributed by atoms with Gasteiger partial charge in [-0.25, -0.2) is 4.79 Å². The minimum absolute atomic E-state index is 0.0913. The number of carbonyl (C=O) groups excluding carboxylic acids is 1. The number of nitrogens with zero attached hydrogens (tertiary/aromatic N) is 3. The van der Waals surface area contributed by atoms with Crippen LogP contribution in [0.25, 0.3) is 10.9 Å². The van der Waals surface area contributed by atoms with Crippen molar-refractivity contribution in [1.29, 1.82) is 0 Å². The third kappa shape index (κ3) is 4.09. The SMILES string of the molecule is CN(C)C[C@H]1CCN(C(=O)NCCCn2ccc3ccccc32)C1. The Morgan fingerprint density at radius 2 is 2.12 bits per heavy atom. The molecule has 0 radical (unpaired) electrons. The van der Waals surface area contributed by atoms with Crippen molar-refractivity contribution in [3.63, 3.8) is 0 Å². The van der Waals surface area contributed by atoms with Gasteiger partial charge in [-0.1, -0.05) is 18.2 Å². The van der Waals surface area contributed by atoms with Gasteiger partial charge in [0.1, 0.15) is 0 Å². The molecule has 0 unspecified atom stereocenters. The molecule has 1 fully saturated rings.